The zero-order valence-electron chi connectivity index (χ0n) is 18.1. The second-order valence-corrected chi connectivity index (χ2v) is 11.4. The van der Waals surface area contributed by atoms with Gasteiger partial charge in [0.25, 0.3) is 0 Å². The first kappa shape index (κ1) is 20.2. The third-order valence-corrected chi connectivity index (χ3v) is 9.56. The maximum Gasteiger partial charge on any atom is 0.417 e. The first-order valence-electron chi connectivity index (χ1n) is 11.7. The van der Waals surface area contributed by atoms with Crippen molar-refractivity contribution in [2.45, 2.75) is 49.7 Å². The zero-order valence-corrected chi connectivity index (χ0v) is 20.4. The smallest absolute Gasteiger partial charge is 0.368 e. The maximum atomic E-state index is 13.3. The molecule has 7 nitrogen and oxygen atoms in total. The molecule has 10 rings (SSSR count). The highest BCUT2D eigenvalue weighted by atomic mass is 79.9. The molecule has 7 heterocycles. The van der Waals surface area contributed by atoms with E-state index in [-0.39, 0.29) is 11.6 Å². The highest BCUT2D eigenvalue weighted by molar-refractivity contribution is 9.10. The molecule has 5 aliphatic heterocycles. The van der Waals surface area contributed by atoms with E-state index in [1.54, 1.807) is 10.7 Å². The predicted molar refractivity (Wildman–Crippen MR) is 130 cm³/mol. The van der Waals surface area contributed by atoms with Crippen LogP contribution in [0.1, 0.15) is 32.1 Å². The van der Waals surface area contributed by atoms with Crippen molar-refractivity contribution >= 4 is 45.0 Å². The Morgan fingerprint density at radius 3 is 2.76 bits per heavy atom. The fraction of sp³-hybridized carbons (Fsp3) is 0.458. The van der Waals surface area contributed by atoms with E-state index in [4.69, 9.17) is 16.6 Å². The van der Waals surface area contributed by atoms with Crippen LogP contribution in [0.3, 0.4) is 0 Å². The number of urea groups is 1. The number of hydrogen-bond acceptors (Lipinski definition) is 4. The number of anilines is 1. The van der Waals surface area contributed by atoms with Gasteiger partial charge in [-0.3, -0.25) is 0 Å². The summed E-state index contributed by atoms with van der Waals surface area (Å²) in [6.45, 7) is 1.18. The SMILES string of the molecule is O=C(NCCNc1cc(-c2ccccc2Cl)nc2c(Br)cnn12)[N+]12[C@@H]3CC4C[C@H]1CC2(C4)C3. The summed E-state index contributed by atoms with van der Waals surface area (Å²) in [5.74, 6) is 1.69. The van der Waals surface area contributed by atoms with Crippen LogP contribution in [-0.4, -0.2) is 55.8 Å². The van der Waals surface area contributed by atoms with E-state index in [0.717, 1.165) is 31.9 Å². The molecule has 5 bridgehead atoms. The standard InChI is InChI=1S/C24H24BrClN6O/c25-18-13-29-31-21(9-20(30-22(18)31)17-3-1-2-4-19(17)26)27-5-6-28-23(33)32-15-7-14-8-16(32)12-24(32,10-14)11-15/h1-4,9,13-16H,5-8,10-12H2,(H-,27,28,29,30,33)/p+1/t14?,15-,16+,24?,32?. The van der Waals surface area contributed by atoms with Crippen molar-refractivity contribution in [1.29, 1.82) is 0 Å². The number of aromatic nitrogens is 3. The highest BCUT2D eigenvalue weighted by Crippen LogP contribution is 2.72. The van der Waals surface area contributed by atoms with Crippen LogP contribution in [0.15, 0.2) is 41.0 Å². The second-order valence-electron chi connectivity index (χ2n) is 10.2. The fourth-order valence-corrected chi connectivity index (χ4v) is 8.27. The normalized spacial score (nSPS) is 32.8. The number of fused-ring (bicyclic) bond motifs is 1. The number of rotatable bonds is 5. The molecule has 3 unspecified atom stereocenters. The first-order valence-corrected chi connectivity index (χ1v) is 12.9. The molecule has 2 amide bonds. The molecule has 2 aromatic heterocycles. The lowest BCUT2D eigenvalue weighted by atomic mass is 9.45. The molecule has 7 aliphatic rings. The summed E-state index contributed by atoms with van der Waals surface area (Å²) in [6.07, 6.45) is 8.02. The lowest BCUT2D eigenvalue weighted by molar-refractivity contribution is -1.06. The Balaban J connectivity index is 1.08. The molecule has 0 radical (unpaired) electrons. The molecule has 2 N–H and O–H groups in total. The Labute approximate surface area is 205 Å². The summed E-state index contributed by atoms with van der Waals surface area (Å²) in [5.41, 5.74) is 2.65. The molecule has 9 heteroatoms. The van der Waals surface area contributed by atoms with E-state index < -0.39 is 0 Å². The Kier molecular flexibility index (Phi) is 4.25. The van der Waals surface area contributed by atoms with Crippen LogP contribution in [0.25, 0.3) is 16.9 Å². The number of quaternary nitrogens is 1. The van der Waals surface area contributed by atoms with Crippen LogP contribution in [0.2, 0.25) is 5.02 Å². The van der Waals surface area contributed by atoms with Crippen molar-refractivity contribution in [3.63, 3.8) is 0 Å². The van der Waals surface area contributed by atoms with Crippen molar-refractivity contribution in [3.8, 4) is 11.3 Å². The van der Waals surface area contributed by atoms with E-state index >= 15 is 0 Å². The Bertz CT molecular complexity index is 1290. The van der Waals surface area contributed by atoms with Gasteiger partial charge in [0.1, 0.15) is 23.4 Å². The summed E-state index contributed by atoms with van der Waals surface area (Å²) in [7, 11) is 0. The average molecular weight is 529 g/mol. The second kappa shape index (κ2) is 6.93. The minimum absolute atomic E-state index is 0.251. The van der Waals surface area contributed by atoms with Crippen LogP contribution in [0.5, 0.6) is 0 Å². The Morgan fingerprint density at radius 1 is 1.21 bits per heavy atom. The van der Waals surface area contributed by atoms with Gasteiger partial charge >= 0.3 is 6.03 Å². The third kappa shape index (κ3) is 2.57. The lowest BCUT2D eigenvalue weighted by Gasteiger charge is -2.81. The summed E-state index contributed by atoms with van der Waals surface area (Å²) in [5, 5.41) is 11.8. The number of hydrogen-bond donors (Lipinski definition) is 2. The van der Waals surface area contributed by atoms with Gasteiger partial charge in [-0.05, 0) is 27.9 Å². The minimum atomic E-state index is 0.251. The van der Waals surface area contributed by atoms with Gasteiger partial charge in [0.15, 0.2) is 5.65 Å². The first-order chi connectivity index (χ1) is 16.0. The molecule has 33 heavy (non-hydrogen) atoms. The van der Waals surface area contributed by atoms with Gasteiger partial charge in [0.05, 0.1) is 29.2 Å². The molecule has 1 aromatic carbocycles. The molecule has 7 fully saturated rings. The van der Waals surface area contributed by atoms with Crippen molar-refractivity contribution in [1.82, 2.24) is 19.9 Å². The monoisotopic (exact) mass is 527 g/mol. The number of benzene rings is 1. The number of halogens is 2. The van der Waals surface area contributed by atoms with Crippen LogP contribution in [0, 0.1) is 5.92 Å². The average Bonchev–Trinajstić information content (AvgIpc) is 3.17. The zero-order chi connectivity index (χ0) is 22.4. The molecular weight excluding hydrogens is 504 g/mol. The number of amides is 2. The minimum Gasteiger partial charge on any atom is -0.368 e. The summed E-state index contributed by atoms with van der Waals surface area (Å²) >= 11 is 9.97. The highest BCUT2D eigenvalue weighted by Gasteiger charge is 2.86. The fourth-order valence-electron chi connectivity index (χ4n) is 7.69. The molecule has 5 atom stereocenters. The Hall–Kier alpha value is -2.16. The van der Waals surface area contributed by atoms with E-state index in [9.17, 15) is 4.79 Å². The van der Waals surface area contributed by atoms with Gasteiger partial charge in [-0.15, -0.1) is 0 Å². The van der Waals surface area contributed by atoms with Crippen molar-refractivity contribution in [2.24, 2.45) is 5.92 Å². The predicted octanol–water partition coefficient (Wildman–Crippen LogP) is 4.85. The third-order valence-electron chi connectivity index (χ3n) is 8.67. The molecule has 2 aliphatic carbocycles. The number of carbonyl (C=O) groups excluding carboxylic acids is 1. The summed E-state index contributed by atoms with van der Waals surface area (Å²) < 4.78 is 3.34. The van der Waals surface area contributed by atoms with Gasteiger partial charge < -0.3 is 10.6 Å². The van der Waals surface area contributed by atoms with Crippen LogP contribution in [0.4, 0.5) is 10.6 Å². The van der Waals surface area contributed by atoms with Crippen LogP contribution >= 0.6 is 27.5 Å². The molecular formula is C24H25BrClN6O+. The molecule has 3 aromatic rings. The maximum absolute atomic E-state index is 13.3. The number of nitrogens with one attached hydrogen (secondary N) is 2. The number of carbonyl (C=O) groups is 1. The van der Waals surface area contributed by atoms with E-state index in [0.29, 0.717) is 35.8 Å². The molecule has 170 valence electrons. The summed E-state index contributed by atoms with van der Waals surface area (Å²) in [6, 6.07) is 11.0. The largest absolute Gasteiger partial charge is 0.417 e. The number of piperidine rings is 4. The van der Waals surface area contributed by atoms with Crippen LogP contribution in [-0.2, 0) is 0 Å². The van der Waals surface area contributed by atoms with Gasteiger partial charge in [-0.2, -0.15) is 9.61 Å². The number of nitrogens with zero attached hydrogens (tertiary/aromatic N) is 4. The van der Waals surface area contributed by atoms with Crippen molar-refractivity contribution < 1.29 is 9.28 Å². The van der Waals surface area contributed by atoms with Crippen LogP contribution < -0.4 is 10.6 Å². The topological polar surface area (TPSA) is 71.3 Å². The van der Waals surface area contributed by atoms with E-state index in [2.05, 4.69) is 31.7 Å². The van der Waals surface area contributed by atoms with Gasteiger partial charge in [-0.1, -0.05) is 29.8 Å². The van der Waals surface area contributed by atoms with Gasteiger partial charge in [-0.25, -0.2) is 14.3 Å². The Morgan fingerprint density at radius 2 is 2.00 bits per heavy atom. The molecule has 1 spiro atoms. The lowest BCUT2D eigenvalue weighted by Crippen LogP contribution is -2.97. The van der Waals surface area contributed by atoms with Gasteiger partial charge in [0, 0.05) is 49.0 Å². The van der Waals surface area contributed by atoms with E-state index in [1.807, 2.05) is 30.3 Å². The van der Waals surface area contributed by atoms with Crippen molar-refractivity contribution in [3.05, 3.63) is 46.0 Å². The van der Waals surface area contributed by atoms with E-state index in [1.165, 1.54) is 32.1 Å². The summed E-state index contributed by atoms with van der Waals surface area (Å²) in [4.78, 5) is 18.1. The van der Waals surface area contributed by atoms with Gasteiger partial charge in [0.2, 0.25) is 0 Å². The van der Waals surface area contributed by atoms with Crippen molar-refractivity contribution in [2.75, 3.05) is 18.4 Å². The molecule has 5 saturated heterocycles. The molecule has 2 saturated carbocycles. The quantitative estimate of drug-likeness (QED) is 0.367.